The Bertz CT molecular complexity index is 294. The summed E-state index contributed by atoms with van der Waals surface area (Å²) < 4.78 is 4.62. The van der Waals surface area contributed by atoms with Gasteiger partial charge in [0.05, 0.1) is 20.2 Å². The van der Waals surface area contributed by atoms with Crippen LogP contribution in [0, 0.1) is 5.92 Å². The van der Waals surface area contributed by atoms with E-state index in [9.17, 15) is 9.59 Å². The molecule has 5 nitrogen and oxygen atoms in total. The van der Waals surface area contributed by atoms with Crippen molar-refractivity contribution < 1.29 is 14.3 Å². The van der Waals surface area contributed by atoms with Crippen LogP contribution in [0.5, 0.6) is 0 Å². The molecule has 104 valence electrons. The number of likely N-dealkylation sites (tertiary alicyclic amines) is 1. The molecule has 5 heteroatoms. The summed E-state index contributed by atoms with van der Waals surface area (Å²) in [6, 6.07) is 0. The van der Waals surface area contributed by atoms with Crippen LogP contribution in [0.4, 0.5) is 0 Å². The third-order valence-corrected chi connectivity index (χ3v) is 3.40. The summed E-state index contributed by atoms with van der Waals surface area (Å²) in [5.74, 6) is 0.405. The molecule has 1 rings (SSSR count). The number of amides is 1. The molecule has 0 aromatic heterocycles. The second-order valence-electron chi connectivity index (χ2n) is 4.97. The van der Waals surface area contributed by atoms with Crippen LogP contribution in [0.15, 0.2) is 0 Å². The lowest BCUT2D eigenvalue weighted by molar-refractivity contribution is -0.143. The number of hydrogen-bond acceptors (Lipinski definition) is 4. The molecule has 1 atom stereocenters. The van der Waals surface area contributed by atoms with Crippen molar-refractivity contribution in [1.29, 1.82) is 0 Å². The normalized spacial score (nSPS) is 20.0. The predicted octanol–water partition coefficient (Wildman–Crippen LogP) is 0.740. The van der Waals surface area contributed by atoms with Crippen molar-refractivity contribution in [3.63, 3.8) is 0 Å². The average molecular weight is 256 g/mol. The first kappa shape index (κ1) is 15.0. The maximum absolute atomic E-state index is 12.1. The fraction of sp³-hybridized carbons (Fsp3) is 0.846. The van der Waals surface area contributed by atoms with Gasteiger partial charge in [-0.1, -0.05) is 13.8 Å². The van der Waals surface area contributed by atoms with Crippen LogP contribution < -0.4 is 0 Å². The van der Waals surface area contributed by atoms with E-state index in [0.29, 0.717) is 19.0 Å². The average Bonchev–Trinajstić information content (AvgIpc) is 2.37. The molecule has 1 unspecified atom stereocenters. The molecule has 1 fully saturated rings. The van der Waals surface area contributed by atoms with Gasteiger partial charge in [0.1, 0.15) is 0 Å². The number of nitrogens with zero attached hydrogens (tertiary/aromatic N) is 2. The van der Waals surface area contributed by atoms with Crippen molar-refractivity contribution in [2.45, 2.75) is 26.7 Å². The lowest BCUT2D eigenvalue weighted by atomic mass is 10.0. The summed E-state index contributed by atoms with van der Waals surface area (Å²) in [5.41, 5.74) is 0. The molecule has 0 radical (unpaired) electrons. The molecular weight excluding hydrogens is 232 g/mol. The van der Waals surface area contributed by atoms with E-state index in [4.69, 9.17) is 0 Å². The third-order valence-electron chi connectivity index (χ3n) is 3.40. The Hall–Kier alpha value is -1.10. The van der Waals surface area contributed by atoms with E-state index in [-0.39, 0.29) is 18.4 Å². The van der Waals surface area contributed by atoms with Crippen molar-refractivity contribution >= 4 is 11.9 Å². The molecule has 1 saturated heterocycles. The van der Waals surface area contributed by atoms with E-state index >= 15 is 0 Å². The second-order valence-corrected chi connectivity index (χ2v) is 4.97. The molecule has 0 aliphatic carbocycles. The van der Waals surface area contributed by atoms with Gasteiger partial charge in [0.25, 0.3) is 0 Å². The van der Waals surface area contributed by atoms with Crippen molar-refractivity contribution in [2.75, 3.05) is 39.8 Å². The Morgan fingerprint density at radius 3 is 2.67 bits per heavy atom. The molecule has 0 saturated carbocycles. The van der Waals surface area contributed by atoms with Crippen molar-refractivity contribution in [2.24, 2.45) is 5.92 Å². The molecule has 1 amide bonds. The lowest BCUT2D eigenvalue weighted by Gasteiger charge is -2.32. The van der Waals surface area contributed by atoms with Crippen molar-refractivity contribution in [3.8, 4) is 0 Å². The molecular formula is C13H24N2O3. The predicted molar refractivity (Wildman–Crippen MR) is 69.1 cm³/mol. The molecule has 18 heavy (non-hydrogen) atoms. The van der Waals surface area contributed by atoms with E-state index in [2.05, 4.69) is 11.7 Å². The first-order valence-electron chi connectivity index (χ1n) is 6.63. The smallest absolute Gasteiger partial charge is 0.319 e. The van der Waals surface area contributed by atoms with Gasteiger partial charge in [-0.15, -0.1) is 0 Å². The first-order chi connectivity index (χ1) is 8.56. The standard InChI is InChI=1S/C13H24N2O3/c1-4-14(10-13(17)18-3)9-12(16)15-7-5-6-11(2)8-15/h11H,4-10H2,1-3H3. The number of ether oxygens (including phenoxy) is 1. The maximum atomic E-state index is 12.1. The highest BCUT2D eigenvalue weighted by atomic mass is 16.5. The van der Waals surface area contributed by atoms with Crippen LogP contribution in [0.1, 0.15) is 26.7 Å². The van der Waals surface area contributed by atoms with Gasteiger partial charge in [-0.2, -0.15) is 0 Å². The highest BCUT2D eigenvalue weighted by Crippen LogP contribution is 2.15. The van der Waals surface area contributed by atoms with Gasteiger partial charge in [0.2, 0.25) is 5.91 Å². The molecule has 0 spiro atoms. The van der Waals surface area contributed by atoms with Crippen LogP contribution in [0.2, 0.25) is 0 Å². The highest BCUT2D eigenvalue weighted by Gasteiger charge is 2.22. The third kappa shape index (κ3) is 4.64. The van der Waals surface area contributed by atoms with Gasteiger partial charge >= 0.3 is 5.97 Å². The van der Waals surface area contributed by atoms with Gasteiger partial charge in [-0.3, -0.25) is 14.5 Å². The molecule has 1 heterocycles. The molecule has 0 bridgehead atoms. The van der Waals surface area contributed by atoms with Gasteiger partial charge in [-0.05, 0) is 25.3 Å². The molecule has 1 aliphatic rings. The number of carbonyl (C=O) groups excluding carboxylic acids is 2. The Morgan fingerprint density at radius 1 is 1.39 bits per heavy atom. The minimum absolute atomic E-state index is 0.118. The fourth-order valence-corrected chi connectivity index (χ4v) is 2.23. The van der Waals surface area contributed by atoms with Crippen LogP contribution in [0.3, 0.4) is 0 Å². The largest absolute Gasteiger partial charge is 0.468 e. The minimum atomic E-state index is -0.295. The molecule has 0 N–H and O–H groups in total. The van der Waals surface area contributed by atoms with Crippen LogP contribution in [-0.4, -0.2) is 61.5 Å². The number of piperidine rings is 1. The number of hydrogen-bond donors (Lipinski definition) is 0. The zero-order valence-electron chi connectivity index (χ0n) is 11.6. The SMILES string of the molecule is CCN(CC(=O)OC)CC(=O)N1CCCC(C)C1. The number of carbonyl (C=O) groups is 2. The van der Waals surface area contributed by atoms with E-state index in [1.54, 1.807) is 0 Å². The van der Waals surface area contributed by atoms with E-state index in [1.807, 2.05) is 16.7 Å². The lowest BCUT2D eigenvalue weighted by Crippen LogP contribution is -2.45. The van der Waals surface area contributed by atoms with Gasteiger partial charge in [-0.25, -0.2) is 0 Å². The molecule has 0 aromatic rings. The summed E-state index contributed by atoms with van der Waals surface area (Å²) in [7, 11) is 1.37. The van der Waals surface area contributed by atoms with Crippen molar-refractivity contribution in [3.05, 3.63) is 0 Å². The Balaban J connectivity index is 2.43. The second kappa shape index (κ2) is 7.36. The fourth-order valence-electron chi connectivity index (χ4n) is 2.23. The summed E-state index contributed by atoms with van der Waals surface area (Å²) in [5, 5.41) is 0. The Morgan fingerprint density at radius 2 is 2.11 bits per heavy atom. The zero-order valence-corrected chi connectivity index (χ0v) is 11.6. The summed E-state index contributed by atoms with van der Waals surface area (Å²) >= 11 is 0. The summed E-state index contributed by atoms with van der Waals surface area (Å²) in [6.45, 7) is 6.96. The van der Waals surface area contributed by atoms with Gasteiger partial charge in [0.15, 0.2) is 0 Å². The van der Waals surface area contributed by atoms with Crippen LogP contribution in [0.25, 0.3) is 0 Å². The summed E-state index contributed by atoms with van der Waals surface area (Å²) in [4.78, 5) is 27.0. The minimum Gasteiger partial charge on any atom is -0.468 e. The Kier molecular flexibility index (Phi) is 6.12. The van der Waals surface area contributed by atoms with Gasteiger partial charge in [0, 0.05) is 13.1 Å². The highest BCUT2D eigenvalue weighted by molar-refractivity contribution is 5.79. The van der Waals surface area contributed by atoms with Crippen molar-refractivity contribution in [1.82, 2.24) is 9.80 Å². The Labute approximate surface area is 109 Å². The number of likely N-dealkylation sites (N-methyl/N-ethyl adjacent to an activating group) is 1. The van der Waals surface area contributed by atoms with E-state index < -0.39 is 0 Å². The number of rotatable bonds is 5. The zero-order chi connectivity index (χ0) is 13.5. The van der Waals surface area contributed by atoms with Gasteiger partial charge < -0.3 is 9.64 Å². The summed E-state index contributed by atoms with van der Waals surface area (Å²) in [6.07, 6.45) is 2.28. The quantitative estimate of drug-likeness (QED) is 0.681. The topological polar surface area (TPSA) is 49.9 Å². The van der Waals surface area contributed by atoms with Crippen LogP contribution in [-0.2, 0) is 14.3 Å². The van der Waals surface area contributed by atoms with Crippen LogP contribution >= 0.6 is 0 Å². The maximum Gasteiger partial charge on any atom is 0.319 e. The van der Waals surface area contributed by atoms with E-state index in [0.717, 1.165) is 19.5 Å². The molecule has 0 aromatic carbocycles. The number of methoxy groups -OCH3 is 1. The first-order valence-corrected chi connectivity index (χ1v) is 6.63. The molecule has 1 aliphatic heterocycles. The number of esters is 1. The monoisotopic (exact) mass is 256 g/mol. The van der Waals surface area contributed by atoms with E-state index in [1.165, 1.54) is 13.5 Å².